The number of amidine groups is 1. The Morgan fingerprint density at radius 2 is 1.42 bits per heavy atom. The number of carbonyl (C=O) groups is 7. The van der Waals surface area contributed by atoms with Gasteiger partial charge in [-0.3, -0.25) is 38.6 Å². The van der Waals surface area contributed by atoms with E-state index in [9.17, 15) is 42.0 Å². The van der Waals surface area contributed by atoms with Gasteiger partial charge in [-0.25, -0.2) is 8.42 Å². The minimum absolute atomic E-state index is 0.0577. The number of benzene rings is 2. The summed E-state index contributed by atoms with van der Waals surface area (Å²) in [5.74, 6) is -4.70. The minimum atomic E-state index is -4.01. The van der Waals surface area contributed by atoms with E-state index >= 15 is 0 Å². The molecule has 3 atom stereocenters. The predicted molar refractivity (Wildman–Crippen MR) is 347 cm³/mol. The molecule has 26 heteroatoms. The van der Waals surface area contributed by atoms with Crippen LogP contribution in [0.2, 0.25) is 0 Å². The van der Waals surface area contributed by atoms with Gasteiger partial charge in [0.25, 0.3) is 0 Å². The highest BCUT2D eigenvalue weighted by Crippen LogP contribution is 2.45. The highest BCUT2D eigenvalue weighted by atomic mass is 32.2. The summed E-state index contributed by atoms with van der Waals surface area (Å²) in [7, 11) is -4.01. The standard InChI is InChI=1S/C67H91N5O19S2/c1-39-40(2)62(41(3)44-34-67(13,14)90-59(39)44)93(80,81)37-53(68)69-23-15-16-46(48(73)18-20-54(75)71-47(32-58(78)89-65(7,8)9)49(74)30-43(35-87-64(4,5)6)63(79)91-66(10,11)12)70-55(76)21-22-57(77)86-38-85-52-33-56(72-24-26-82-27-25-72)88-60-45(36-92-61(52)60)42-17-19-50-51(31-42)84-29-28-83-50/h17,19,31,33,36,43,46-47H,15-16,18,20-30,32,34-35,37-38H2,1-14H3,(H3-,68,69,70,71,75,76)/p+1/t43-,46-,47-/m0/s1. The highest BCUT2D eigenvalue weighted by molar-refractivity contribution is 7.92. The highest BCUT2D eigenvalue weighted by Gasteiger charge is 2.38. The molecule has 24 nitrogen and oxygen atoms in total. The zero-order valence-electron chi connectivity index (χ0n) is 56.1. The number of rotatable bonds is 28. The molecular formula is C67H92N5O19S2+. The van der Waals surface area contributed by atoms with E-state index in [4.69, 9.17) is 52.8 Å². The fourth-order valence-electron chi connectivity index (χ4n) is 10.8. The van der Waals surface area contributed by atoms with Crippen molar-refractivity contribution in [3.8, 4) is 34.1 Å². The number of morpholine rings is 1. The fraction of sp³-hybridized carbons (Fsp3) is 0.597. The van der Waals surface area contributed by atoms with Crippen molar-refractivity contribution in [2.75, 3.05) is 65.2 Å². The molecule has 93 heavy (non-hydrogen) atoms. The lowest BCUT2D eigenvalue weighted by Crippen LogP contribution is -2.45. The van der Waals surface area contributed by atoms with Crippen LogP contribution < -0.4 is 45.4 Å². The van der Waals surface area contributed by atoms with Crippen molar-refractivity contribution in [1.82, 2.24) is 15.2 Å². The molecule has 2 aromatic carbocycles. The molecular weight excluding hydrogens is 1240 g/mol. The van der Waals surface area contributed by atoms with Crippen molar-refractivity contribution in [2.45, 2.75) is 194 Å². The molecule has 3 aliphatic heterocycles. The number of Topliss-reactive ketones (excluding diaryl/α,β-unsaturated/α-hetero) is 2. The topological polar surface area (TPSA) is 315 Å². The largest absolute Gasteiger partial charge is 0.487 e. The molecule has 1 saturated heterocycles. The molecule has 4 aromatic rings. The van der Waals surface area contributed by atoms with Gasteiger partial charge in [-0.2, -0.15) is 4.58 Å². The Hall–Kier alpha value is -7.42. The molecule has 0 unspecified atom stereocenters. The number of hydrogen-bond acceptors (Lipinski definition) is 21. The zero-order valence-corrected chi connectivity index (χ0v) is 57.7. The fourth-order valence-corrected chi connectivity index (χ4v) is 13.6. The predicted octanol–water partition coefficient (Wildman–Crippen LogP) is 7.43. The zero-order chi connectivity index (χ0) is 68.4. The van der Waals surface area contributed by atoms with Crippen molar-refractivity contribution in [3.05, 3.63) is 57.5 Å². The van der Waals surface area contributed by atoms with Gasteiger partial charge in [0.2, 0.25) is 18.6 Å². The van der Waals surface area contributed by atoms with E-state index in [0.717, 1.165) is 22.3 Å². The normalized spacial score (nSPS) is 15.9. The van der Waals surface area contributed by atoms with Gasteiger partial charge in [0, 0.05) is 55.2 Å². The summed E-state index contributed by atoms with van der Waals surface area (Å²) < 4.78 is 89.3. The Morgan fingerprint density at radius 1 is 0.763 bits per heavy atom. The van der Waals surface area contributed by atoms with E-state index in [1.807, 2.05) is 48.9 Å². The quantitative estimate of drug-likeness (QED) is 0.00946. The lowest BCUT2D eigenvalue weighted by atomic mass is 9.94. The van der Waals surface area contributed by atoms with Crippen molar-refractivity contribution >= 4 is 78.6 Å². The smallest absolute Gasteiger partial charge is 0.371 e. The number of ketones is 2. The van der Waals surface area contributed by atoms with Crippen LogP contribution in [0.15, 0.2) is 44.0 Å². The summed E-state index contributed by atoms with van der Waals surface area (Å²) in [5.41, 5.74) is 8.56. The molecule has 0 bridgehead atoms. The summed E-state index contributed by atoms with van der Waals surface area (Å²) in [6.07, 6.45) is -2.32. The number of hydrogen-bond donors (Lipinski definition) is 3. The van der Waals surface area contributed by atoms with E-state index in [-0.39, 0.29) is 36.7 Å². The Balaban J connectivity index is 1.03. The second kappa shape index (κ2) is 30.8. The average Bonchev–Trinajstić information content (AvgIpc) is 1.67. The Kier molecular flexibility index (Phi) is 24.1. The van der Waals surface area contributed by atoms with Gasteiger partial charge < -0.3 is 63.4 Å². The Morgan fingerprint density at radius 3 is 2.09 bits per heavy atom. The minimum Gasteiger partial charge on any atom is -0.487 e. The molecule has 2 amide bonds. The lowest BCUT2D eigenvalue weighted by Gasteiger charge is -2.28. The number of esters is 3. The number of ether oxygens (including phenoxy) is 9. The van der Waals surface area contributed by atoms with Crippen molar-refractivity contribution in [2.24, 2.45) is 16.6 Å². The van der Waals surface area contributed by atoms with Gasteiger partial charge in [-0.15, -0.1) is 11.3 Å². The third-order valence-corrected chi connectivity index (χ3v) is 18.1. The number of amides is 2. The molecule has 7 rings (SSSR count). The molecule has 5 heterocycles. The van der Waals surface area contributed by atoms with E-state index < -0.39 is 143 Å². The molecule has 2 aromatic heterocycles. The van der Waals surface area contributed by atoms with Gasteiger partial charge in [0.05, 0.1) is 54.0 Å². The number of fused-ring (bicyclic) bond motifs is 3. The molecule has 0 aliphatic carbocycles. The second-order valence-corrected chi connectivity index (χ2v) is 29.9. The van der Waals surface area contributed by atoms with Crippen LogP contribution in [0, 0.1) is 26.7 Å². The molecule has 3 aliphatic rings. The van der Waals surface area contributed by atoms with Crippen molar-refractivity contribution < 1.29 is 89.0 Å². The molecule has 0 saturated carbocycles. The van der Waals surface area contributed by atoms with Crippen LogP contribution in [-0.4, -0.2) is 155 Å². The van der Waals surface area contributed by atoms with E-state index in [1.54, 1.807) is 82.2 Å². The van der Waals surface area contributed by atoms with Gasteiger partial charge in [-0.1, -0.05) is 6.07 Å². The SMILES string of the molecule is Cc1c(C)c(S(=O)(=O)CC(N)=NCCC[C@H](NC(=O)CCC(=O)OCOc2cc(=[N+]3CCOCC3)oc3c(-c4ccc5c(c4)OCCO5)csc23)C(=O)CCC(=O)N[C@@H](CC(=O)OC(C)(C)C)C(=O)C[C@@H](COC(C)(C)C)C(=O)OC(C)(C)C)c(C)c2c1OC(C)(C)C2. The van der Waals surface area contributed by atoms with Crippen molar-refractivity contribution in [3.63, 3.8) is 0 Å². The van der Waals surface area contributed by atoms with E-state index in [2.05, 4.69) is 15.6 Å². The van der Waals surface area contributed by atoms with E-state index in [1.165, 1.54) is 11.3 Å². The molecule has 0 spiro atoms. The molecule has 0 radical (unpaired) electrons. The number of carbonyl (C=O) groups excluding carboxylic acids is 7. The number of nitrogens with one attached hydrogen (secondary N) is 2. The number of nitrogens with zero attached hydrogens (tertiary/aromatic N) is 2. The first-order valence-corrected chi connectivity index (χ1v) is 33.9. The van der Waals surface area contributed by atoms with Gasteiger partial charge >= 0.3 is 23.5 Å². The van der Waals surface area contributed by atoms with Crippen LogP contribution in [-0.2, 0) is 73.5 Å². The monoisotopic (exact) mass is 1330 g/mol. The Bertz CT molecular complexity index is 3670. The molecule has 4 N–H and O–H groups in total. The first-order valence-electron chi connectivity index (χ1n) is 31.4. The third kappa shape index (κ3) is 21.0. The third-order valence-electron chi connectivity index (χ3n) is 15.2. The van der Waals surface area contributed by atoms with Gasteiger partial charge in [0.1, 0.15) is 65.3 Å². The van der Waals surface area contributed by atoms with Crippen LogP contribution in [0.3, 0.4) is 0 Å². The number of aliphatic imine (C=N–C) groups is 1. The lowest BCUT2D eigenvalue weighted by molar-refractivity contribution is -0.165. The summed E-state index contributed by atoms with van der Waals surface area (Å²) in [4.78, 5) is 100. The maximum absolute atomic E-state index is 14.2. The summed E-state index contributed by atoms with van der Waals surface area (Å²) in [6, 6.07) is 4.63. The first-order chi connectivity index (χ1) is 43.5. The van der Waals surface area contributed by atoms with Crippen LogP contribution in [0.4, 0.5) is 0 Å². The maximum Gasteiger partial charge on any atom is 0.371 e. The Labute approximate surface area is 547 Å². The first kappa shape index (κ1) is 73.0. The van der Waals surface area contributed by atoms with Gasteiger partial charge in [0.15, 0.2) is 57.3 Å². The molecule has 1 fully saturated rings. The van der Waals surface area contributed by atoms with Crippen molar-refractivity contribution in [1.29, 1.82) is 0 Å². The molecule has 510 valence electrons. The number of thiophene rings is 1. The number of sulfone groups is 1. The summed E-state index contributed by atoms with van der Waals surface area (Å²) in [5, 5.41) is 7.19. The van der Waals surface area contributed by atoms with E-state index in [0.29, 0.717) is 95.9 Å². The number of nitrogens with two attached hydrogens (primary N) is 1. The van der Waals surface area contributed by atoms with Crippen LogP contribution in [0.5, 0.6) is 23.0 Å². The van der Waals surface area contributed by atoms with Crippen LogP contribution in [0.25, 0.3) is 21.4 Å². The average molecular weight is 1340 g/mol. The van der Waals surface area contributed by atoms with Gasteiger partial charge in [-0.05, 0) is 144 Å². The van der Waals surface area contributed by atoms with Crippen LogP contribution >= 0.6 is 11.3 Å². The second-order valence-electron chi connectivity index (χ2n) is 27.1. The summed E-state index contributed by atoms with van der Waals surface area (Å²) in [6.45, 7) is 26.6. The van der Waals surface area contributed by atoms with Crippen LogP contribution in [0.1, 0.15) is 150 Å². The maximum atomic E-state index is 14.2. The summed E-state index contributed by atoms with van der Waals surface area (Å²) >= 11 is 1.37.